The average molecular weight is 406 g/mol. The maximum Gasteiger partial charge on any atom is 0.194 e. The van der Waals surface area contributed by atoms with E-state index in [0.717, 1.165) is 35.4 Å². The lowest BCUT2D eigenvalue weighted by Gasteiger charge is -2.24. The number of benzene rings is 2. The van der Waals surface area contributed by atoms with E-state index in [9.17, 15) is 0 Å². The van der Waals surface area contributed by atoms with Gasteiger partial charge in [0.05, 0.1) is 6.54 Å². The highest BCUT2D eigenvalue weighted by Crippen LogP contribution is 2.31. The number of rotatable bonds is 6. The molecule has 0 amide bonds. The van der Waals surface area contributed by atoms with Gasteiger partial charge in [-0.25, -0.2) is 4.98 Å². The number of ether oxygens (including phenoxy) is 2. The molecule has 0 unspecified atom stereocenters. The Morgan fingerprint density at radius 3 is 2.70 bits per heavy atom. The first kappa shape index (κ1) is 19.8. The quantitative estimate of drug-likeness (QED) is 0.505. The molecule has 30 heavy (non-hydrogen) atoms. The van der Waals surface area contributed by atoms with Crippen LogP contribution in [0.15, 0.2) is 65.9 Å². The molecule has 7 heteroatoms. The van der Waals surface area contributed by atoms with E-state index in [-0.39, 0.29) is 0 Å². The summed E-state index contributed by atoms with van der Waals surface area (Å²) in [6, 6.07) is 16.4. The topological polar surface area (TPSA) is 63.9 Å². The van der Waals surface area contributed by atoms with Crippen molar-refractivity contribution in [2.75, 3.05) is 27.3 Å². The number of aromatic nitrogens is 2. The fourth-order valence-electron chi connectivity index (χ4n) is 3.51. The Hall–Kier alpha value is -3.48. The number of guanidine groups is 1. The first-order chi connectivity index (χ1) is 14.7. The molecule has 7 nitrogen and oxygen atoms in total. The minimum atomic E-state index is 0.588. The SMILES string of the molecule is CN=C(NCc1nccn1Cc1ccccc1)N(C)Cc1ccc2c(c1)OCCO2. The molecule has 0 saturated heterocycles. The first-order valence-corrected chi connectivity index (χ1v) is 10.1. The minimum absolute atomic E-state index is 0.588. The van der Waals surface area contributed by atoms with Crippen molar-refractivity contribution in [1.82, 2.24) is 19.8 Å². The highest BCUT2D eigenvalue weighted by atomic mass is 16.6. The van der Waals surface area contributed by atoms with Gasteiger partial charge in [0.1, 0.15) is 19.0 Å². The summed E-state index contributed by atoms with van der Waals surface area (Å²) in [6.45, 7) is 3.28. The van der Waals surface area contributed by atoms with Gasteiger partial charge in [-0.2, -0.15) is 0 Å². The van der Waals surface area contributed by atoms with Crippen molar-refractivity contribution < 1.29 is 9.47 Å². The van der Waals surface area contributed by atoms with Gasteiger partial charge in [0, 0.05) is 39.6 Å². The standard InChI is InChI=1S/C23H27N5O2/c1-24-23(27(2)16-19-8-9-20-21(14-19)30-13-12-29-20)26-15-22-25-10-11-28(22)17-18-6-4-3-5-7-18/h3-11,14H,12-13,15-17H2,1-2H3,(H,24,26). The third-order valence-corrected chi connectivity index (χ3v) is 5.00. The zero-order valence-corrected chi connectivity index (χ0v) is 17.4. The summed E-state index contributed by atoms with van der Waals surface area (Å²) in [4.78, 5) is 11.0. The molecular formula is C23H27N5O2. The lowest BCUT2D eigenvalue weighted by atomic mass is 10.2. The van der Waals surface area contributed by atoms with E-state index in [1.165, 1.54) is 5.56 Å². The van der Waals surface area contributed by atoms with Crippen molar-refractivity contribution in [2.45, 2.75) is 19.6 Å². The molecule has 3 aromatic rings. The van der Waals surface area contributed by atoms with Crippen LogP contribution in [0.25, 0.3) is 0 Å². The van der Waals surface area contributed by atoms with E-state index in [2.05, 4.69) is 55.1 Å². The first-order valence-electron chi connectivity index (χ1n) is 10.1. The third-order valence-electron chi connectivity index (χ3n) is 5.00. The van der Waals surface area contributed by atoms with Crippen LogP contribution in [-0.4, -0.2) is 47.7 Å². The van der Waals surface area contributed by atoms with Gasteiger partial charge in [0.25, 0.3) is 0 Å². The Kier molecular flexibility index (Phi) is 6.17. The summed E-state index contributed by atoms with van der Waals surface area (Å²) in [6.07, 6.45) is 3.84. The largest absolute Gasteiger partial charge is 0.486 e. The van der Waals surface area contributed by atoms with Crippen molar-refractivity contribution in [3.05, 3.63) is 77.9 Å². The molecule has 0 atom stereocenters. The number of imidazole rings is 1. The van der Waals surface area contributed by atoms with Crippen LogP contribution in [0.4, 0.5) is 0 Å². The zero-order valence-electron chi connectivity index (χ0n) is 17.4. The van der Waals surface area contributed by atoms with Crippen molar-refractivity contribution in [3.63, 3.8) is 0 Å². The van der Waals surface area contributed by atoms with Crippen LogP contribution in [0.3, 0.4) is 0 Å². The summed E-state index contributed by atoms with van der Waals surface area (Å²) in [5.41, 5.74) is 2.38. The summed E-state index contributed by atoms with van der Waals surface area (Å²) in [5, 5.41) is 3.42. The number of hydrogen-bond acceptors (Lipinski definition) is 4. The Labute approximate surface area is 177 Å². The smallest absolute Gasteiger partial charge is 0.194 e. The molecule has 0 bridgehead atoms. The molecule has 0 radical (unpaired) electrons. The minimum Gasteiger partial charge on any atom is -0.486 e. The molecule has 4 rings (SSSR count). The number of nitrogens with one attached hydrogen (secondary N) is 1. The van der Waals surface area contributed by atoms with Crippen molar-refractivity contribution in [3.8, 4) is 11.5 Å². The van der Waals surface area contributed by atoms with Gasteiger partial charge in [-0.05, 0) is 23.3 Å². The van der Waals surface area contributed by atoms with Gasteiger partial charge in [-0.3, -0.25) is 4.99 Å². The molecule has 0 aliphatic carbocycles. The van der Waals surface area contributed by atoms with Gasteiger partial charge in [0.2, 0.25) is 0 Å². The molecule has 1 aliphatic heterocycles. The maximum atomic E-state index is 5.69. The summed E-state index contributed by atoms with van der Waals surface area (Å²) in [5.74, 6) is 3.38. The predicted molar refractivity (Wildman–Crippen MR) is 117 cm³/mol. The second kappa shape index (κ2) is 9.35. The van der Waals surface area contributed by atoms with Crippen LogP contribution in [0, 0.1) is 0 Å². The van der Waals surface area contributed by atoms with Crippen molar-refractivity contribution in [1.29, 1.82) is 0 Å². The zero-order chi connectivity index (χ0) is 20.8. The Bertz CT molecular complexity index is 1000. The normalized spacial score (nSPS) is 13.2. The second-order valence-electron chi connectivity index (χ2n) is 7.19. The number of aliphatic imine (C=N–C) groups is 1. The van der Waals surface area contributed by atoms with Gasteiger partial charge in [-0.1, -0.05) is 36.4 Å². The fraction of sp³-hybridized carbons (Fsp3) is 0.304. The molecule has 1 N–H and O–H groups in total. The molecular weight excluding hydrogens is 378 g/mol. The molecule has 0 saturated carbocycles. The Balaban J connectivity index is 1.37. The number of hydrogen-bond donors (Lipinski definition) is 1. The third kappa shape index (κ3) is 4.74. The van der Waals surface area contributed by atoms with E-state index >= 15 is 0 Å². The van der Waals surface area contributed by atoms with E-state index in [4.69, 9.17) is 9.47 Å². The highest BCUT2D eigenvalue weighted by molar-refractivity contribution is 5.79. The van der Waals surface area contributed by atoms with Crippen molar-refractivity contribution in [2.24, 2.45) is 4.99 Å². The van der Waals surface area contributed by atoms with Gasteiger partial charge >= 0.3 is 0 Å². The highest BCUT2D eigenvalue weighted by Gasteiger charge is 2.14. The molecule has 1 aromatic heterocycles. The van der Waals surface area contributed by atoms with Crippen LogP contribution in [0.2, 0.25) is 0 Å². The molecule has 1 aliphatic rings. The van der Waals surface area contributed by atoms with E-state index in [1.807, 2.05) is 37.6 Å². The van der Waals surface area contributed by atoms with E-state index < -0.39 is 0 Å². The second-order valence-corrected chi connectivity index (χ2v) is 7.19. The monoisotopic (exact) mass is 405 g/mol. The average Bonchev–Trinajstić information content (AvgIpc) is 3.21. The Morgan fingerprint density at radius 1 is 1.10 bits per heavy atom. The molecule has 2 aromatic carbocycles. The summed E-state index contributed by atoms with van der Waals surface area (Å²) in [7, 11) is 3.81. The molecule has 0 fully saturated rings. The van der Waals surface area contributed by atoms with E-state index in [0.29, 0.717) is 26.3 Å². The van der Waals surface area contributed by atoms with Crippen LogP contribution < -0.4 is 14.8 Å². The fourth-order valence-corrected chi connectivity index (χ4v) is 3.51. The van der Waals surface area contributed by atoms with Crippen LogP contribution >= 0.6 is 0 Å². The number of nitrogens with zero attached hydrogens (tertiary/aromatic N) is 4. The van der Waals surface area contributed by atoms with Gasteiger partial charge in [-0.15, -0.1) is 0 Å². The molecule has 156 valence electrons. The molecule has 0 spiro atoms. The lowest BCUT2D eigenvalue weighted by Crippen LogP contribution is -2.38. The van der Waals surface area contributed by atoms with Crippen LogP contribution in [0.1, 0.15) is 17.0 Å². The summed E-state index contributed by atoms with van der Waals surface area (Å²) >= 11 is 0. The van der Waals surface area contributed by atoms with E-state index in [1.54, 1.807) is 7.05 Å². The van der Waals surface area contributed by atoms with Crippen LogP contribution in [0.5, 0.6) is 11.5 Å². The predicted octanol–water partition coefficient (Wildman–Crippen LogP) is 2.91. The van der Waals surface area contributed by atoms with Crippen LogP contribution in [-0.2, 0) is 19.6 Å². The lowest BCUT2D eigenvalue weighted by molar-refractivity contribution is 0.171. The van der Waals surface area contributed by atoms with Crippen molar-refractivity contribution >= 4 is 5.96 Å². The molecule has 2 heterocycles. The summed E-state index contributed by atoms with van der Waals surface area (Å²) < 4.78 is 13.4. The van der Waals surface area contributed by atoms with Gasteiger partial charge in [0.15, 0.2) is 17.5 Å². The number of fused-ring (bicyclic) bond motifs is 1. The Morgan fingerprint density at radius 2 is 1.90 bits per heavy atom. The maximum absolute atomic E-state index is 5.69. The van der Waals surface area contributed by atoms with Gasteiger partial charge < -0.3 is 24.3 Å².